The number of anilines is 1. The quantitative estimate of drug-likeness (QED) is 0.277. The fourth-order valence-electron chi connectivity index (χ4n) is 4.30. The van der Waals surface area contributed by atoms with Crippen molar-refractivity contribution >= 4 is 35.8 Å². The number of aromatic nitrogens is 1. The molecule has 4 rings (SSSR count). The number of ether oxygens (including phenoxy) is 1. The Labute approximate surface area is 230 Å². The molecule has 1 aliphatic rings. The first-order valence-electron chi connectivity index (χ1n) is 12.0. The smallest absolute Gasteiger partial charge is 0.251 e. The maximum atomic E-state index is 14.6. The van der Waals surface area contributed by atoms with Crippen LogP contribution in [0.2, 0.25) is 0 Å². The number of nitrogens with zero attached hydrogens (tertiary/aromatic N) is 1. The second-order valence-corrected chi connectivity index (χ2v) is 8.86. The van der Waals surface area contributed by atoms with Gasteiger partial charge in [-0.05, 0) is 55.8 Å². The molecule has 2 aromatic carbocycles. The molecule has 39 heavy (non-hydrogen) atoms. The van der Waals surface area contributed by atoms with Crippen molar-refractivity contribution in [2.45, 2.75) is 24.9 Å². The lowest BCUT2D eigenvalue weighted by Crippen LogP contribution is -2.54. The van der Waals surface area contributed by atoms with Gasteiger partial charge in [-0.25, -0.2) is 9.37 Å². The first-order chi connectivity index (χ1) is 18.3. The highest BCUT2D eigenvalue weighted by Gasteiger charge is 2.28. The molecular weight excluding hydrogens is 529 g/mol. The van der Waals surface area contributed by atoms with Crippen LogP contribution < -0.4 is 26.4 Å². The van der Waals surface area contributed by atoms with Crippen LogP contribution in [0.1, 0.15) is 49.5 Å². The minimum Gasteiger partial charge on any atom is -0.507 e. The van der Waals surface area contributed by atoms with E-state index in [1.54, 1.807) is 6.07 Å². The van der Waals surface area contributed by atoms with Gasteiger partial charge in [0.2, 0.25) is 0 Å². The Morgan fingerprint density at radius 3 is 2.38 bits per heavy atom. The number of pyridine rings is 1. The summed E-state index contributed by atoms with van der Waals surface area (Å²) in [7, 11) is 1.26. The average molecular weight is 558 g/mol. The maximum Gasteiger partial charge on any atom is 0.251 e. The van der Waals surface area contributed by atoms with E-state index in [0.717, 1.165) is 13.0 Å². The molecule has 6 N–H and O–H groups in total. The lowest BCUT2D eigenvalue weighted by atomic mass is 9.99. The van der Waals surface area contributed by atoms with Gasteiger partial charge in [0, 0.05) is 29.4 Å². The topological polar surface area (TPSA) is 156 Å². The lowest BCUT2D eigenvalue weighted by Gasteiger charge is -2.27. The van der Waals surface area contributed by atoms with Crippen molar-refractivity contribution in [2.75, 3.05) is 25.9 Å². The monoisotopic (exact) mass is 557 g/mol. The predicted molar refractivity (Wildman–Crippen MR) is 145 cm³/mol. The van der Waals surface area contributed by atoms with Crippen LogP contribution in [0.4, 0.5) is 10.2 Å². The molecule has 0 aliphatic carbocycles. The number of phenolic OH excluding ortho intramolecular Hbond substituents is 1. The molecule has 0 bridgehead atoms. The van der Waals surface area contributed by atoms with Crippen molar-refractivity contribution < 1.29 is 28.6 Å². The van der Waals surface area contributed by atoms with E-state index in [4.69, 9.17) is 10.5 Å². The van der Waals surface area contributed by atoms with Crippen LogP contribution in [0.3, 0.4) is 0 Å². The molecule has 1 fully saturated rings. The minimum atomic E-state index is -0.969. The number of phenols is 1. The van der Waals surface area contributed by atoms with E-state index >= 15 is 0 Å². The van der Waals surface area contributed by atoms with E-state index in [2.05, 4.69) is 20.9 Å². The summed E-state index contributed by atoms with van der Waals surface area (Å²) in [6.07, 6.45) is 2.88. The fraction of sp³-hybridized carbons (Fsp3) is 0.259. The minimum absolute atomic E-state index is 0. The number of nitrogens with two attached hydrogens (primary N) is 1. The van der Waals surface area contributed by atoms with Gasteiger partial charge in [-0.2, -0.15) is 0 Å². The fourth-order valence-corrected chi connectivity index (χ4v) is 4.30. The highest BCUT2D eigenvalue weighted by molar-refractivity contribution is 6.11. The van der Waals surface area contributed by atoms with Crippen LogP contribution >= 0.6 is 12.4 Å². The molecule has 206 valence electrons. The molecule has 2 atom stereocenters. The first kappa shape index (κ1) is 29.3. The summed E-state index contributed by atoms with van der Waals surface area (Å²) in [5.41, 5.74) is 5.90. The molecule has 0 unspecified atom stereocenters. The number of carbonyl (C=O) groups excluding carboxylic acids is 3. The summed E-state index contributed by atoms with van der Waals surface area (Å²) >= 11 is 0. The van der Waals surface area contributed by atoms with Crippen LogP contribution in [0, 0.1) is 5.82 Å². The van der Waals surface area contributed by atoms with Crippen LogP contribution in [-0.4, -0.2) is 60.0 Å². The molecule has 12 heteroatoms. The Kier molecular flexibility index (Phi) is 9.80. The van der Waals surface area contributed by atoms with Crippen LogP contribution in [-0.2, 0) is 0 Å². The number of hydrogen-bond acceptors (Lipinski definition) is 8. The van der Waals surface area contributed by atoms with E-state index in [-0.39, 0.29) is 53.1 Å². The van der Waals surface area contributed by atoms with Gasteiger partial charge in [0.15, 0.2) is 17.3 Å². The zero-order valence-electron chi connectivity index (χ0n) is 21.1. The Bertz CT molecular complexity index is 1350. The van der Waals surface area contributed by atoms with Gasteiger partial charge in [-0.15, -0.1) is 12.4 Å². The number of methoxy groups -OCH3 is 1. The van der Waals surface area contributed by atoms with E-state index in [1.165, 1.54) is 55.8 Å². The molecule has 1 aromatic heterocycles. The Hall–Kier alpha value is -4.22. The van der Waals surface area contributed by atoms with Crippen molar-refractivity contribution in [3.63, 3.8) is 0 Å². The Balaban J connectivity index is 0.00000420. The summed E-state index contributed by atoms with van der Waals surface area (Å²) < 4.78 is 19.5. The zero-order chi connectivity index (χ0) is 27.2. The molecule has 10 nitrogen and oxygen atoms in total. The van der Waals surface area contributed by atoms with Crippen LogP contribution in [0.15, 0.2) is 54.7 Å². The number of hydrogen-bond donors (Lipinski definition) is 5. The normalized spacial score (nSPS) is 16.8. The van der Waals surface area contributed by atoms with Gasteiger partial charge in [-0.1, -0.05) is 12.1 Å². The number of rotatable bonds is 7. The number of nitrogens with one attached hydrogen (secondary N) is 3. The molecule has 2 amide bonds. The molecule has 0 radical (unpaired) electrons. The summed E-state index contributed by atoms with van der Waals surface area (Å²) in [4.78, 5) is 42.6. The molecular formula is C27H29ClFN5O5. The molecule has 1 saturated heterocycles. The number of carbonyl (C=O) groups is 3. The maximum absolute atomic E-state index is 14.6. The van der Waals surface area contributed by atoms with Gasteiger partial charge in [-0.3, -0.25) is 14.4 Å². The predicted octanol–water partition coefficient (Wildman–Crippen LogP) is 2.45. The molecule has 2 heterocycles. The van der Waals surface area contributed by atoms with Gasteiger partial charge < -0.3 is 31.5 Å². The lowest BCUT2D eigenvalue weighted by molar-refractivity contribution is 0.0882. The molecule has 1 aliphatic heterocycles. The van der Waals surface area contributed by atoms with E-state index in [1.807, 2.05) is 0 Å². The third-order valence-corrected chi connectivity index (χ3v) is 6.34. The molecule has 0 spiro atoms. The van der Waals surface area contributed by atoms with Crippen molar-refractivity contribution in [3.8, 4) is 11.5 Å². The Morgan fingerprint density at radius 2 is 1.69 bits per heavy atom. The van der Waals surface area contributed by atoms with Crippen LogP contribution in [0.5, 0.6) is 11.5 Å². The highest BCUT2D eigenvalue weighted by Crippen LogP contribution is 2.30. The SMILES string of the molecule is COc1ccc(O)c(C(=O)c2ccc(C(=O)N[C@@H]3CCCNC[C@H]3NC(=O)c3ccnc(N)c3)cc2)c1F.Cl. The standard InChI is InChI=1S/C27H28FN5O5.ClH/c1-38-21-9-8-20(34)23(24(21)28)25(35)15-4-6-16(7-5-15)26(36)32-18-3-2-11-30-14-19(18)33-27(37)17-10-12-31-22(29)13-17;/h4-10,12-13,18-19,30,34H,2-3,11,14H2,1H3,(H2,29,31)(H,32,36)(H,33,37);1H/t18-,19-;/m1./s1. The number of aromatic hydroxyl groups is 1. The largest absolute Gasteiger partial charge is 0.507 e. The third-order valence-electron chi connectivity index (χ3n) is 6.34. The number of halogens is 2. The summed E-state index contributed by atoms with van der Waals surface area (Å²) in [6.45, 7) is 1.20. The number of ketones is 1. The Morgan fingerprint density at radius 1 is 1.03 bits per heavy atom. The molecule has 3 aromatic rings. The molecule has 0 saturated carbocycles. The summed E-state index contributed by atoms with van der Waals surface area (Å²) in [5.74, 6) is -2.90. The second-order valence-electron chi connectivity index (χ2n) is 8.86. The number of nitrogen functional groups attached to an aromatic ring is 1. The van der Waals surface area contributed by atoms with Gasteiger partial charge in [0.1, 0.15) is 17.1 Å². The first-order valence-corrected chi connectivity index (χ1v) is 12.0. The highest BCUT2D eigenvalue weighted by atomic mass is 35.5. The van der Waals surface area contributed by atoms with E-state index < -0.39 is 28.8 Å². The van der Waals surface area contributed by atoms with Crippen molar-refractivity contribution in [3.05, 3.63) is 82.8 Å². The van der Waals surface area contributed by atoms with Crippen molar-refractivity contribution in [1.82, 2.24) is 20.9 Å². The van der Waals surface area contributed by atoms with Crippen molar-refractivity contribution in [2.24, 2.45) is 0 Å². The van der Waals surface area contributed by atoms with Gasteiger partial charge in [0.25, 0.3) is 11.8 Å². The van der Waals surface area contributed by atoms with Crippen LogP contribution in [0.25, 0.3) is 0 Å². The van der Waals surface area contributed by atoms with Crippen molar-refractivity contribution in [1.29, 1.82) is 0 Å². The average Bonchev–Trinajstić information content (AvgIpc) is 3.13. The second kappa shape index (κ2) is 13.0. The summed E-state index contributed by atoms with van der Waals surface area (Å²) in [6, 6.07) is 10.4. The summed E-state index contributed by atoms with van der Waals surface area (Å²) in [5, 5.41) is 19.2. The van der Waals surface area contributed by atoms with E-state index in [0.29, 0.717) is 18.5 Å². The third kappa shape index (κ3) is 6.81. The zero-order valence-corrected chi connectivity index (χ0v) is 21.9. The van der Waals surface area contributed by atoms with Gasteiger partial charge >= 0.3 is 0 Å². The number of benzene rings is 2. The van der Waals surface area contributed by atoms with E-state index in [9.17, 15) is 23.9 Å². The van der Waals surface area contributed by atoms with Gasteiger partial charge in [0.05, 0.1) is 19.2 Å². The number of amides is 2.